The fraction of sp³-hybridized carbons (Fsp3) is 0.0667. The maximum absolute atomic E-state index is 12.3. The fourth-order valence-corrected chi connectivity index (χ4v) is 3.23. The number of benzene rings is 2. The first-order chi connectivity index (χ1) is 10.6. The molecule has 1 amide bonds. The molecule has 0 atom stereocenters. The highest BCUT2D eigenvalue weighted by Gasteiger charge is 2.15. The standard InChI is InChI=1S/C15H10Cl2N2O2S/c1-21-11-3-2-4-12-13(11)18-15(22-12)19-14(20)9-7-8(16)5-6-10(9)17/h2-7H,1H3,(H,18,19,20). The minimum atomic E-state index is -0.356. The lowest BCUT2D eigenvalue weighted by Gasteiger charge is -2.04. The van der Waals surface area contributed by atoms with E-state index in [0.717, 1.165) is 4.70 Å². The van der Waals surface area contributed by atoms with E-state index in [4.69, 9.17) is 27.9 Å². The van der Waals surface area contributed by atoms with Crippen molar-refractivity contribution in [1.29, 1.82) is 0 Å². The number of hydrogen-bond donors (Lipinski definition) is 1. The lowest BCUT2D eigenvalue weighted by Crippen LogP contribution is -2.12. The molecule has 0 saturated heterocycles. The second-order valence-electron chi connectivity index (χ2n) is 4.40. The average molecular weight is 353 g/mol. The van der Waals surface area contributed by atoms with Gasteiger partial charge in [0.1, 0.15) is 11.3 Å². The van der Waals surface area contributed by atoms with Gasteiger partial charge in [0.15, 0.2) is 5.13 Å². The number of ether oxygens (including phenoxy) is 1. The Bertz CT molecular complexity index is 864. The van der Waals surface area contributed by atoms with Gasteiger partial charge in [0, 0.05) is 5.02 Å². The summed E-state index contributed by atoms with van der Waals surface area (Å²) in [5, 5.41) is 3.99. The second-order valence-corrected chi connectivity index (χ2v) is 6.28. The number of carbonyl (C=O) groups is 1. The Kier molecular flexibility index (Phi) is 4.20. The summed E-state index contributed by atoms with van der Waals surface area (Å²) in [5.74, 6) is 0.306. The van der Waals surface area contributed by atoms with E-state index < -0.39 is 0 Å². The number of thiazole rings is 1. The van der Waals surface area contributed by atoms with Crippen molar-refractivity contribution in [1.82, 2.24) is 4.98 Å². The van der Waals surface area contributed by atoms with Gasteiger partial charge in [0.25, 0.3) is 5.91 Å². The van der Waals surface area contributed by atoms with Crippen LogP contribution in [0.25, 0.3) is 10.2 Å². The van der Waals surface area contributed by atoms with Crippen LogP contribution >= 0.6 is 34.5 Å². The van der Waals surface area contributed by atoms with Gasteiger partial charge < -0.3 is 4.74 Å². The maximum atomic E-state index is 12.3. The molecule has 1 heterocycles. The first-order valence-electron chi connectivity index (χ1n) is 6.28. The summed E-state index contributed by atoms with van der Waals surface area (Å²) in [5.41, 5.74) is 1.02. The van der Waals surface area contributed by atoms with Crippen LogP contribution < -0.4 is 10.1 Å². The molecule has 3 aromatic rings. The van der Waals surface area contributed by atoms with Crippen molar-refractivity contribution in [2.24, 2.45) is 0 Å². The van der Waals surface area contributed by atoms with Crippen molar-refractivity contribution >= 4 is 55.8 Å². The van der Waals surface area contributed by atoms with Crippen LogP contribution in [0.15, 0.2) is 36.4 Å². The number of carbonyl (C=O) groups excluding carboxylic acids is 1. The number of methoxy groups -OCH3 is 1. The monoisotopic (exact) mass is 352 g/mol. The van der Waals surface area contributed by atoms with E-state index in [9.17, 15) is 4.79 Å². The molecule has 22 heavy (non-hydrogen) atoms. The van der Waals surface area contributed by atoms with Crippen LogP contribution in [0.2, 0.25) is 10.0 Å². The van der Waals surface area contributed by atoms with E-state index in [1.807, 2.05) is 18.2 Å². The zero-order valence-electron chi connectivity index (χ0n) is 11.4. The third-order valence-electron chi connectivity index (χ3n) is 3.00. The predicted octanol–water partition coefficient (Wildman–Crippen LogP) is 4.86. The third-order valence-corrected chi connectivity index (χ3v) is 4.50. The van der Waals surface area contributed by atoms with Gasteiger partial charge in [-0.15, -0.1) is 0 Å². The quantitative estimate of drug-likeness (QED) is 0.731. The molecule has 0 aliphatic carbocycles. The zero-order valence-corrected chi connectivity index (χ0v) is 13.7. The number of anilines is 1. The summed E-state index contributed by atoms with van der Waals surface area (Å²) in [6, 6.07) is 10.3. The molecular weight excluding hydrogens is 343 g/mol. The Balaban J connectivity index is 1.93. The molecule has 0 radical (unpaired) electrons. The molecule has 3 rings (SSSR count). The molecule has 7 heteroatoms. The lowest BCUT2D eigenvalue weighted by atomic mass is 10.2. The molecule has 0 spiro atoms. The molecule has 1 N–H and O–H groups in total. The summed E-state index contributed by atoms with van der Waals surface area (Å²) in [6.07, 6.45) is 0. The van der Waals surface area contributed by atoms with Crippen LogP contribution in [0.5, 0.6) is 5.75 Å². The molecule has 0 aliphatic heterocycles. The molecule has 0 fully saturated rings. The summed E-state index contributed by atoms with van der Waals surface area (Å²) >= 11 is 13.3. The van der Waals surface area contributed by atoms with E-state index in [0.29, 0.717) is 32.0 Å². The largest absolute Gasteiger partial charge is 0.494 e. The maximum Gasteiger partial charge on any atom is 0.259 e. The first kappa shape index (κ1) is 15.1. The van der Waals surface area contributed by atoms with E-state index in [1.54, 1.807) is 19.2 Å². The Hall–Kier alpha value is -1.82. The van der Waals surface area contributed by atoms with E-state index in [-0.39, 0.29) is 5.91 Å². The van der Waals surface area contributed by atoms with Gasteiger partial charge in [-0.25, -0.2) is 4.98 Å². The van der Waals surface area contributed by atoms with Gasteiger partial charge >= 0.3 is 0 Å². The number of amides is 1. The van der Waals surface area contributed by atoms with Crippen LogP contribution in [0.4, 0.5) is 5.13 Å². The van der Waals surface area contributed by atoms with Crippen LogP contribution in [-0.4, -0.2) is 18.0 Å². The molecule has 0 saturated carbocycles. The Morgan fingerprint density at radius 2 is 2.09 bits per heavy atom. The summed E-state index contributed by atoms with van der Waals surface area (Å²) in [6.45, 7) is 0. The average Bonchev–Trinajstić information content (AvgIpc) is 2.91. The molecule has 0 aliphatic rings. The van der Waals surface area contributed by atoms with Gasteiger partial charge in [-0.1, -0.05) is 40.6 Å². The number of para-hydroxylation sites is 1. The zero-order chi connectivity index (χ0) is 15.7. The van der Waals surface area contributed by atoms with Gasteiger partial charge in [-0.3, -0.25) is 10.1 Å². The number of aromatic nitrogens is 1. The predicted molar refractivity (Wildman–Crippen MR) is 90.6 cm³/mol. The first-order valence-corrected chi connectivity index (χ1v) is 7.85. The topological polar surface area (TPSA) is 51.2 Å². The third kappa shape index (κ3) is 2.88. The minimum absolute atomic E-state index is 0.306. The summed E-state index contributed by atoms with van der Waals surface area (Å²) in [4.78, 5) is 16.7. The van der Waals surface area contributed by atoms with Gasteiger partial charge in [-0.05, 0) is 30.3 Å². The fourth-order valence-electron chi connectivity index (χ4n) is 1.98. The Morgan fingerprint density at radius 1 is 1.27 bits per heavy atom. The van der Waals surface area contributed by atoms with Crippen molar-refractivity contribution in [2.45, 2.75) is 0 Å². The number of hydrogen-bond acceptors (Lipinski definition) is 4. The number of rotatable bonds is 3. The molecule has 0 bridgehead atoms. The Morgan fingerprint density at radius 3 is 2.86 bits per heavy atom. The highest BCUT2D eigenvalue weighted by Crippen LogP contribution is 2.32. The van der Waals surface area contributed by atoms with Crippen molar-refractivity contribution in [2.75, 3.05) is 12.4 Å². The summed E-state index contributed by atoms with van der Waals surface area (Å²) in [7, 11) is 1.58. The van der Waals surface area contributed by atoms with Crippen LogP contribution in [0, 0.1) is 0 Å². The number of nitrogens with one attached hydrogen (secondary N) is 1. The van der Waals surface area contributed by atoms with Crippen LogP contribution in [-0.2, 0) is 0 Å². The molecule has 1 aromatic heterocycles. The van der Waals surface area contributed by atoms with Gasteiger partial charge in [0.2, 0.25) is 0 Å². The van der Waals surface area contributed by atoms with Crippen molar-refractivity contribution < 1.29 is 9.53 Å². The molecule has 2 aromatic carbocycles. The highest BCUT2D eigenvalue weighted by atomic mass is 35.5. The smallest absolute Gasteiger partial charge is 0.259 e. The van der Waals surface area contributed by atoms with E-state index >= 15 is 0 Å². The minimum Gasteiger partial charge on any atom is -0.494 e. The van der Waals surface area contributed by atoms with Crippen LogP contribution in [0.3, 0.4) is 0 Å². The normalized spacial score (nSPS) is 10.7. The SMILES string of the molecule is COc1cccc2sc(NC(=O)c3cc(Cl)ccc3Cl)nc12. The second kappa shape index (κ2) is 6.12. The van der Waals surface area contributed by atoms with E-state index in [1.165, 1.54) is 17.4 Å². The molecule has 112 valence electrons. The van der Waals surface area contributed by atoms with Crippen molar-refractivity contribution in [3.8, 4) is 5.75 Å². The van der Waals surface area contributed by atoms with Crippen LogP contribution in [0.1, 0.15) is 10.4 Å². The van der Waals surface area contributed by atoms with Crippen molar-refractivity contribution in [3.05, 3.63) is 52.0 Å². The summed E-state index contributed by atoms with van der Waals surface area (Å²) < 4.78 is 6.18. The number of fused-ring (bicyclic) bond motifs is 1. The van der Waals surface area contributed by atoms with Gasteiger partial charge in [-0.2, -0.15) is 0 Å². The van der Waals surface area contributed by atoms with Crippen molar-refractivity contribution in [3.63, 3.8) is 0 Å². The molecule has 0 unspecified atom stereocenters. The molecular formula is C15H10Cl2N2O2S. The molecule has 4 nitrogen and oxygen atoms in total. The highest BCUT2D eigenvalue weighted by molar-refractivity contribution is 7.22. The lowest BCUT2D eigenvalue weighted by molar-refractivity contribution is 0.102. The Labute approximate surface area is 140 Å². The van der Waals surface area contributed by atoms with E-state index in [2.05, 4.69) is 10.3 Å². The number of nitrogens with zero attached hydrogens (tertiary/aromatic N) is 1. The number of halogens is 2. The van der Waals surface area contributed by atoms with Gasteiger partial charge in [0.05, 0.1) is 22.4 Å².